The first-order valence-corrected chi connectivity index (χ1v) is 6.12. The Balaban J connectivity index is 2.58. The number of aliphatic hydroxyl groups is 1. The van der Waals surface area contributed by atoms with Gasteiger partial charge in [-0.3, -0.25) is 0 Å². The number of hydrogen-bond acceptors (Lipinski definition) is 2. The molecule has 1 atom stereocenters. The van der Waals surface area contributed by atoms with Crippen molar-refractivity contribution in [3.8, 4) is 0 Å². The summed E-state index contributed by atoms with van der Waals surface area (Å²) < 4.78 is 0.826. The Labute approximate surface area is 113 Å². The van der Waals surface area contributed by atoms with Gasteiger partial charge in [-0.25, -0.2) is 4.79 Å². The van der Waals surface area contributed by atoms with Gasteiger partial charge in [0.2, 0.25) is 5.60 Å². The Bertz CT molecular complexity index is 551. The molecule has 0 bridgehead atoms. The van der Waals surface area contributed by atoms with Crippen molar-refractivity contribution in [2.45, 2.75) is 5.60 Å². The normalized spacial score (nSPS) is 13.9. The van der Waals surface area contributed by atoms with Crippen LogP contribution in [0.3, 0.4) is 0 Å². The summed E-state index contributed by atoms with van der Waals surface area (Å²) in [6.07, 6.45) is 0. The van der Waals surface area contributed by atoms with Gasteiger partial charge in [-0.2, -0.15) is 0 Å². The lowest BCUT2D eigenvalue weighted by atomic mass is 9.86. The summed E-state index contributed by atoms with van der Waals surface area (Å²) in [4.78, 5) is 11.4. The van der Waals surface area contributed by atoms with Gasteiger partial charge >= 0.3 is 5.97 Å². The molecule has 0 aromatic heterocycles. The van der Waals surface area contributed by atoms with Crippen molar-refractivity contribution in [1.29, 1.82) is 0 Å². The minimum Gasteiger partial charge on any atom is -0.479 e. The van der Waals surface area contributed by atoms with Gasteiger partial charge in [-0.05, 0) is 23.3 Å². The molecule has 0 spiro atoms. The van der Waals surface area contributed by atoms with Crippen LogP contribution in [0.4, 0.5) is 0 Å². The Kier molecular flexibility index (Phi) is 3.50. The first kappa shape index (κ1) is 12.8. The largest absolute Gasteiger partial charge is 0.479 e. The summed E-state index contributed by atoms with van der Waals surface area (Å²) in [6.45, 7) is 0. The second-order valence-corrected chi connectivity index (χ2v) is 4.80. The van der Waals surface area contributed by atoms with Gasteiger partial charge in [-0.1, -0.05) is 58.4 Å². The second kappa shape index (κ2) is 4.92. The lowest BCUT2D eigenvalue weighted by Crippen LogP contribution is -2.36. The SMILES string of the molecule is O=C(O)[C@](O)(c1ccccc1)c1ccc(Br)cc1. The fourth-order valence-corrected chi connectivity index (χ4v) is 2.05. The zero-order valence-corrected chi connectivity index (χ0v) is 11.0. The molecule has 0 radical (unpaired) electrons. The van der Waals surface area contributed by atoms with Crippen LogP contribution in [-0.4, -0.2) is 16.2 Å². The predicted molar refractivity (Wildman–Crippen MR) is 71.2 cm³/mol. The predicted octanol–water partition coefficient (Wildman–Crippen LogP) is 2.77. The third kappa shape index (κ3) is 2.17. The van der Waals surface area contributed by atoms with Crippen LogP contribution in [0.1, 0.15) is 11.1 Å². The molecule has 2 rings (SSSR count). The minimum absolute atomic E-state index is 0.324. The molecule has 3 nitrogen and oxygen atoms in total. The molecule has 0 saturated heterocycles. The summed E-state index contributed by atoms with van der Waals surface area (Å²) in [5.41, 5.74) is -1.37. The first-order valence-electron chi connectivity index (χ1n) is 5.32. The molecule has 0 saturated carbocycles. The van der Waals surface area contributed by atoms with Crippen LogP contribution in [0.2, 0.25) is 0 Å². The second-order valence-electron chi connectivity index (χ2n) is 3.89. The number of benzene rings is 2. The quantitative estimate of drug-likeness (QED) is 0.917. The number of carboxylic acids is 1. The molecule has 2 N–H and O–H groups in total. The molecular weight excluding hydrogens is 296 g/mol. The molecule has 2 aromatic carbocycles. The molecule has 0 unspecified atom stereocenters. The fourth-order valence-electron chi connectivity index (χ4n) is 1.78. The highest BCUT2D eigenvalue weighted by Gasteiger charge is 2.39. The maximum atomic E-state index is 11.4. The van der Waals surface area contributed by atoms with Crippen molar-refractivity contribution in [1.82, 2.24) is 0 Å². The Hall–Kier alpha value is -1.65. The third-order valence-electron chi connectivity index (χ3n) is 2.76. The topological polar surface area (TPSA) is 57.5 Å². The zero-order chi connectivity index (χ0) is 13.2. The van der Waals surface area contributed by atoms with E-state index in [1.807, 2.05) is 0 Å². The smallest absolute Gasteiger partial charge is 0.345 e. The summed E-state index contributed by atoms with van der Waals surface area (Å²) in [5, 5.41) is 19.9. The summed E-state index contributed by atoms with van der Waals surface area (Å²) >= 11 is 3.28. The number of rotatable bonds is 3. The van der Waals surface area contributed by atoms with E-state index in [2.05, 4.69) is 15.9 Å². The van der Waals surface area contributed by atoms with Crippen molar-refractivity contribution in [3.05, 3.63) is 70.2 Å². The monoisotopic (exact) mass is 306 g/mol. The van der Waals surface area contributed by atoms with Gasteiger partial charge < -0.3 is 10.2 Å². The fraction of sp³-hybridized carbons (Fsp3) is 0.0714. The van der Waals surface area contributed by atoms with Crippen molar-refractivity contribution in [2.24, 2.45) is 0 Å². The van der Waals surface area contributed by atoms with Crippen LogP contribution in [0.15, 0.2) is 59.1 Å². The van der Waals surface area contributed by atoms with E-state index in [0.29, 0.717) is 11.1 Å². The number of halogens is 1. The van der Waals surface area contributed by atoms with Crippen LogP contribution in [0.5, 0.6) is 0 Å². The van der Waals surface area contributed by atoms with Crippen molar-refractivity contribution >= 4 is 21.9 Å². The van der Waals surface area contributed by atoms with E-state index in [1.54, 1.807) is 54.6 Å². The summed E-state index contributed by atoms with van der Waals surface area (Å²) in [6, 6.07) is 14.9. The number of hydrogen-bond donors (Lipinski definition) is 2. The average molecular weight is 307 g/mol. The molecule has 0 fully saturated rings. The average Bonchev–Trinajstić information content (AvgIpc) is 2.39. The lowest BCUT2D eigenvalue weighted by molar-refractivity contribution is -0.155. The first-order chi connectivity index (χ1) is 8.55. The van der Waals surface area contributed by atoms with Gasteiger partial charge in [-0.15, -0.1) is 0 Å². The highest BCUT2D eigenvalue weighted by atomic mass is 79.9. The molecule has 0 heterocycles. The van der Waals surface area contributed by atoms with E-state index >= 15 is 0 Å². The van der Waals surface area contributed by atoms with E-state index in [9.17, 15) is 15.0 Å². The Morgan fingerprint density at radius 2 is 1.44 bits per heavy atom. The highest BCUT2D eigenvalue weighted by molar-refractivity contribution is 9.10. The molecule has 0 amide bonds. The molecular formula is C14H11BrO3. The van der Waals surface area contributed by atoms with Crippen LogP contribution in [-0.2, 0) is 10.4 Å². The summed E-state index contributed by atoms with van der Waals surface area (Å²) in [7, 11) is 0. The van der Waals surface area contributed by atoms with Gasteiger partial charge in [0.05, 0.1) is 0 Å². The maximum absolute atomic E-state index is 11.4. The third-order valence-corrected chi connectivity index (χ3v) is 3.29. The van der Waals surface area contributed by atoms with E-state index in [1.165, 1.54) is 0 Å². The van der Waals surface area contributed by atoms with Crippen molar-refractivity contribution in [3.63, 3.8) is 0 Å². The van der Waals surface area contributed by atoms with E-state index < -0.39 is 11.6 Å². The molecule has 4 heteroatoms. The van der Waals surface area contributed by atoms with Crippen LogP contribution in [0, 0.1) is 0 Å². The van der Waals surface area contributed by atoms with Crippen molar-refractivity contribution < 1.29 is 15.0 Å². The van der Waals surface area contributed by atoms with Crippen LogP contribution >= 0.6 is 15.9 Å². The maximum Gasteiger partial charge on any atom is 0.345 e. The molecule has 0 aliphatic rings. The zero-order valence-electron chi connectivity index (χ0n) is 9.38. The Morgan fingerprint density at radius 3 is 1.94 bits per heavy atom. The number of carboxylic acid groups (broad SMARTS) is 1. The van der Waals surface area contributed by atoms with Crippen molar-refractivity contribution in [2.75, 3.05) is 0 Å². The van der Waals surface area contributed by atoms with Gasteiger partial charge in [0.15, 0.2) is 0 Å². The van der Waals surface area contributed by atoms with Crippen LogP contribution < -0.4 is 0 Å². The highest BCUT2D eigenvalue weighted by Crippen LogP contribution is 2.30. The van der Waals surface area contributed by atoms with Crippen LogP contribution in [0.25, 0.3) is 0 Å². The van der Waals surface area contributed by atoms with E-state index in [-0.39, 0.29) is 0 Å². The number of carbonyl (C=O) groups is 1. The van der Waals surface area contributed by atoms with Gasteiger partial charge in [0, 0.05) is 4.47 Å². The van der Waals surface area contributed by atoms with Gasteiger partial charge in [0.25, 0.3) is 0 Å². The molecule has 0 aliphatic heterocycles. The summed E-state index contributed by atoms with van der Waals surface area (Å²) in [5.74, 6) is -1.30. The molecule has 0 aliphatic carbocycles. The molecule has 18 heavy (non-hydrogen) atoms. The van der Waals surface area contributed by atoms with E-state index in [4.69, 9.17) is 0 Å². The lowest BCUT2D eigenvalue weighted by Gasteiger charge is -2.24. The number of aliphatic carboxylic acids is 1. The minimum atomic E-state index is -2.03. The van der Waals surface area contributed by atoms with E-state index in [0.717, 1.165) is 4.47 Å². The Morgan fingerprint density at radius 1 is 0.944 bits per heavy atom. The van der Waals surface area contributed by atoms with Gasteiger partial charge in [0.1, 0.15) is 0 Å². The standard InChI is InChI=1S/C14H11BrO3/c15-12-8-6-11(7-9-12)14(18,13(16)17)10-4-2-1-3-5-10/h1-9,18H,(H,16,17)/t14-/m0/s1. The molecule has 92 valence electrons. The molecule has 2 aromatic rings.